The smallest absolute Gasteiger partial charge is 0.123 e. The molecule has 0 amide bonds. The largest absolute Gasteiger partial charge is 0.496 e. The maximum Gasteiger partial charge on any atom is 0.123 e. The van der Waals surface area contributed by atoms with Gasteiger partial charge in [-0.3, -0.25) is 0 Å². The zero-order chi connectivity index (χ0) is 10.4. The van der Waals surface area contributed by atoms with E-state index in [2.05, 4.69) is 13.0 Å². The Hall–Kier alpha value is -1.14. The lowest BCUT2D eigenvalue weighted by molar-refractivity contribution is 0.410. The average molecular weight is 207 g/mol. The van der Waals surface area contributed by atoms with Crippen molar-refractivity contribution in [2.75, 3.05) is 12.9 Å². The van der Waals surface area contributed by atoms with E-state index in [0.717, 1.165) is 11.3 Å². The van der Waals surface area contributed by atoms with E-state index in [0.29, 0.717) is 11.0 Å². The minimum atomic E-state index is 0.297. The van der Waals surface area contributed by atoms with Gasteiger partial charge in [-0.25, -0.2) is 0 Å². The Balaban J connectivity index is 2.78. The number of benzene rings is 1. The highest BCUT2D eigenvalue weighted by atomic mass is 32.2. The lowest BCUT2D eigenvalue weighted by Gasteiger charge is -2.13. The van der Waals surface area contributed by atoms with Gasteiger partial charge in [-0.2, -0.15) is 5.26 Å². The Morgan fingerprint density at radius 2 is 2.21 bits per heavy atom. The fourth-order valence-electron chi connectivity index (χ4n) is 1.25. The number of hydrogen-bond donors (Lipinski definition) is 0. The van der Waals surface area contributed by atoms with Crippen LogP contribution < -0.4 is 4.74 Å². The van der Waals surface area contributed by atoms with E-state index < -0.39 is 0 Å². The van der Waals surface area contributed by atoms with E-state index >= 15 is 0 Å². The maximum absolute atomic E-state index is 8.49. The fraction of sp³-hybridized carbons (Fsp3) is 0.364. The predicted molar refractivity (Wildman–Crippen MR) is 59.5 cm³/mol. The molecular formula is C11H13NOS. The third kappa shape index (κ3) is 2.68. The Morgan fingerprint density at radius 3 is 2.86 bits per heavy atom. The summed E-state index contributed by atoms with van der Waals surface area (Å²) in [4.78, 5) is 0. The third-order valence-corrected chi connectivity index (χ3v) is 3.02. The molecule has 1 aromatic rings. The number of rotatable bonds is 4. The Labute approximate surface area is 88.9 Å². The summed E-state index contributed by atoms with van der Waals surface area (Å²) < 4.78 is 5.25. The van der Waals surface area contributed by atoms with Crippen LogP contribution in [-0.2, 0) is 0 Å². The number of para-hydroxylation sites is 1. The van der Waals surface area contributed by atoms with Gasteiger partial charge in [-0.1, -0.05) is 18.2 Å². The second-order valence-corrected chi connectivity index (χ2v) is 4.18. The number of ether oxygens (including phenoxy) is 1. The summed E-state index contributed by atoms with van der Waals surface area (Å²) in [5.41, 5.74) is 1.15. The second kappa shape index (κ2) is 5.56. The van der Waals surface area contributed by atoms with Gasteiger partial charge < -0.3 is 4.74 Å². The summed E-state index contributed by atoms with van der Waals surface area (Å²) in [7, 11) is 1.67. The summed E-state index contributed by atoms with van der Waals surface area (Å²) in [5.74, 6) is 1.41. The molecule has 74 valence electrons. The fourth-order valence-corrected chi connectivity index (χ4v) is 1.95. The van der Waals surface area contributed by atoms with Gasteiger partial charge in [-0.15, -0.1) is 11.8 Å². The van der Waals surface area contributed by atoms with E-state index in [9.17, 15) is 0 Å². The average Bonchev–Trinajstić information content (AvgIpc) is 2.25. The molecule has 0 unspecified atom stereocenters. The quantitative estimate of drug-likeness (QED) is 0.761. The molecule has 0 fully saturated rings. The van der Waals surface area contributed by atoms with Crippen LogP contribution in [-0.4, -0.2) is 12.9 Å². The molecular weight excluding hydrogens is 194 g/mol. The van der Waals surface area contributed by atoms with Crippen LogP contribution in [0, 0.1) is 11.3 Å². The van der Waals surface area contributed by atoms with Crippen LogP contribution in [0.2, 0.25) is 0 Å². The van der Waals surface area contributed by atoms with Crippen LogP contribution in [0.4, 0.5) is 0 Å². The number of thioether (sulfide) groups is 1. The van der Waals surface area contributed by atoms with E-state index in [4.69, 9.17) is 10.00 Å². The minimum absolute atomic E-state index is 0.297. The zero-order valence-corrected chi connectivity index (χ0v) is 9.17. The zero-order valence-electron chi connectivity index (χ0n) is 8.36. The van der Waals surface area contributed by atoms with Crippen LogP contribution in [0.15, 0.2) is 24.3 Å². The topological polar surface area (TPSA) is 33.0 Å². The molecule has 0 saturated heterocycles. The van der Waals surface area contributed by atoms with Gasteiger partial charge in [0.15, 0.2) is 0 Å². The van der Waals surface area contributed by atoms with Crippen LogP contribution in [0.3, 0.4) is 0 Å². The molecule has 1 aromatic carbocycles. The van der Waals surface area contributed by atoms with Crippen molar-refractivity contribution in [2.45, 2.75) is 12.2 Å². The first kappa shape index (κ1) is 10.9. The number of hydrogen-bond acceptors (Lipinski definition) is 3. The summed E-state index contributed by atoms with van der Waals surface area (Å²) in [6.45, 7) is 2.08. The minimum Gasteiger partial charge on any atom is -0.496 e. The normalized spacial score (nSPS) is 11.8. The van der Waals surface area contributed by atoms with Crippen molar-refractivity contribution in [3.8, 4) is 11.8 Å². The van der Waals surface area contributed by atoms with Crippen molar-refractivity contribution < 1.29 is 4.74 Å². The molecule has 1 rings (SSSR count). The standard InChI is InChI=1S/C11H13NOS/c1-9(14-8-7-12)10-5-3-4-6-11(10)13-2/h3-6,9H,8H2,1-2H3/t9-/m1/s1. The molecule has 3 heteroatoms. The molecule has 0 aromatic heterocycles. The first-order chi connectivity index (χ1) is 6.79. The third-order valence-electron chi connectivity index (χ3n) is 1.97. The summed E-state index contributed by atoms with van der Waals surface area (Å²) in [6, 6.07) is 10.0. The molecule has 2 nitrogen and oxygen atoms in total. The van der Waals surface area contributed by atoms with Crippen molar-refractivity contribution in [3.05, 3.63) is 29.8 Å². The molecule has 0 saturated carbocycles. The van der Waals surface area contributed by atoms with Crippen LogP contribution >= 0.6 is 11.8 Å². The van der Waals surface area contributed by atoms with Crippen molar-refractivity contribution in [1.82, 2.24) is 0 Å². The second-order valence-electron chi connectivity index (χ2n) is 2.85. The first-order valence-corrected chi connectivity index (χ1v) is 5.46. The summed E-state index contributed by atoms with van der Waals surface area (Å²) in [6.07, 6.45) is 0. The number of nitriles is 1. The van der Waals surface area contributed by atoms with E-state index in [1.807, 2.05) is 24.3 Å². The molecule has 0 aliphatic rings. The summed E-state index contributed by atoms with van der Waals surface area (Å²) >= 11 is 1.62. The van der Waals surface area contributed by atoms with Crippen molar-refractivity contribution in [3.63, 3.8) is 0 Å². The van der Waals surface area contributed by atoms with Crippen molar-refractivity contribution in [2.24, 2.45) is 0 Å². The molecule has 0 aliphatic heterocycles. The van der Waals surface area contributed by atoms with Crippen LogP contribution in [0.1, 0.15) is 17.7 Å². The Morgan fingerprint density at radius 1 is 1.50 bits per heavy atom. The number of nitrogens with zero attached hydrogens (tertiary/aromatic N) is 1. The highest BCUT2D eigenvalue weighted by molar-refractivity contribution is 7.99. The van der Waals surface area contributed by atoms with Crippen LogP contribution in [0.25, 0.3) is 0 Å². The number of methoxy groups -OCH3 is 1. The molecule has 0 aliphatic carbocycles. The monoisotopic (exact) mass is 207 g/mol. The van der Waals surface area contributed by atoms with Crippen molar-refractivity contribution >= 4 is 11.8 Å². The van der Waals surface area contributed by atoms with E-state index in [-0.39, 0.29) is 0 Å². The van der Waals surface area contributed by atoms with Gasteiger partial charge in [-0.05, 0) is 13.0 Å². The first-order valence-electron chi connectivity index (χ1n) is 4.41. The van der Waals surface area contributed by atoms with Gasteiger partial charge in [0.1, 0.15) is 5.75 Å². The van der Waals surface area contributed by atoms with E-state index in [1.54, 1.807) is 18.9 Å². The van der Waals surface area contributed by atoms with Gasteiger partial charge >= 0.3 is 0 Å². The lowest BCUT2D eigenvalue weighted by atomic mass is 10.1. The van der Waals surface area contributed by atoms with Gasteiger partial charge in [0.2, 0.25) is 0 Å². The molecule has 14 heavy (non-hydrogen) atoms. The predicted octanol–water partition coefficient (Wildman–Crippen LogP) is 3.01. The molecule has 0 N–H and O–H groups in total. The van der Waals surface area contributed by atoms with Crippen molar-refractivity contribution in [1.29, 1.82) is 5.26 Å². The summed E-state index contributed by atoms with van der Waals surface area (Å²) in [5, 5.41) is 8.78. The Kier molecular flexibility index (Phi) is 4.34. The highest BCUT2D eigenvalue weighted by Crippen LogP contribution is 2.33. The molecule has 0 heterocycles. The molecule has 1 atom stereocenters. The van der Waals surface area contributed by atoms with Gasteiger partial charge in [0.25, 0.3) is 0 Å². The maximum atomic E-state index is 8.49. The lowest BCUT2D eigenvalue weighted by Crippen LogP contribution is -1.94. The van der Waals surface area contributed by atoms with E-state index in [1.165, 1.54) is 0 Å². The SMILES string of the molecule is COc1ccccc1[C@@H](C)SCC#N. The Bertz CT molecular complexity index is 332. The van der Waals surface area contributed by atoms with Crippen LogP contribution in [0.5, 0.6) is 5.75 Å². The molecule has 0 bridgehead atoms. The highest BCUT2D eigenvalue weighted by Gasteiger charge is 2.10. The molecule has 0 radical (unpaired) electrons. The van der Waals surface area contributed by atoms with Gasteiger partial charge in [0, 0.05) is 10.8 Å². The molecule has 0 spiro atoms. The van der Waals surface area contributed by atoms with Gasteiger partial charge in [0.05, 0.1) is 18.9 Å².